The Morgan fingerprint density at radius 3 is 2.95 bits per heavy atom. The third-order valence-corrected chi connectivity index (χ3v) is 4.97. The molecule has 1 aliphatic rings. The highest BCUT2D eigenvalue weighted by molar-refractivity contribution is 7.15. The quantitative estimate of drug-likeness (QED) is 0.793. The fourth-order valence-corrected chi connectivity index (χ4v) is 3.57. The second-order valence-electron chi connectivity index (χ2n) is 5.30. The zero-order valence-corrected chi connectivity index (χ0v) is 14.3. The summed E-state index contributed by atoms with van der Waals surface area (Å²) in [4.78, 5) is 10.5. The molecule has 2 heterocycles. The Morgan fingerprint density at radius 2 is 2.24 bits per heavy atom. The molecule has 0 radical (unpaired) electrons. The number of anilines is 1. The summed E-state index contributed by atoms with van der Waals surface area (Å²) in [5.41, 5.74) is 0. The van der Waals surface area contributed by atoms with Crippen LogP contribution in [-0.2, 0) is 11.3 Å². The van der Waals surface area contributed by atoms with Gasteiger partial charge in [0.05, 0.1) is 12.7 Å². The van der Waals surface area contributed by atoms with E-state index in [-0.39, 0.29) is 0 Å². The van der Waals surface area contributed by atoms with Gasteiger partial charge in [0.2, 0.25) is 0 Å². The Kier molecular flexibility index (Phi) is 6.89. The smallest absolute Gasteiger partial charge is 0.185 e. The molecule has 6 heteroatoms. The summed E-state index contributed by atoms with van der Waals surface area (Å²) in [7, 11) is 0. The number of likely N-dealkylation sites (N-methyl/N-ethyl adjacent to an activating group) is 1. The van der Waals surface area contributed by atoms with E-state index in [1.54, 1.807) is 11.3 Å². The van der Waals surface area contributed by atoms with E-state index in [1.807, 2.05) is 6.20 Å². The van der Waals surface area contributed by atoms with E-state index in [4.69, 9.17) is 4.74 Å². The van der Waals surface area contributed by atoms with Crippen molar-refractivity contribution in [2.75, 3.05) is 50.8 Å². The molecule has 0 saturated carbocycles. The monoisotopic (exact) mass is 312 g/mol. The molecule has 0 amide bonds. The lowest BCUT2D eigenvalue weighted by Gasteiger charge is -2.32. The first-order valence-corrected chi connectivity index (χ1v) is 8.82. The van der Waals surface area contributed by atoms with Gasteiger partial charge in [0.15, 0.2) is 5.13 Å². The van der Waals surface area contributed by atoms with Crippen LogP contribution in [0.25, 0.3) is 0 Å². The number of hydrogen-bond donors (Lipinski definition) is 1. The maximum Gasteiger partial charge on any atom is 0.185 e. The average Bonchev–Trinajstić information content (AvgIpc) is 2.97. The van der Waals surface area contributed by atoms with Crippen LogP contribution in [0, 0.1) is 0 Å². The third-order valence-electron chi connectivity index (χ3n) is 3.92. The first-order valence-electron chi connectivity index (χ1n) is 8.01. The predicted molar refractivity (Wildman–Crippen MR) is 89.2 cm³/mol. The van der Waals surface area contributed by atoms with E-state index in [9.17, 15) is 0 Å². The summed E-state index contributed by atoms with van der Waals surface area (Å²) in [6.07, 6.45) is 2.31. The van der Waals surface area contributed by atoms with Gasteiger partial charge in [-0.05, 0) is 20.4 Å². The molecule has 0 spiro atoms. The molecule has 1 aromatic rings. The number of rotatable bonds is 8. The van der Waals surface area contributed by atoms with Gasteiger partial charge in [0, 0.05) is 50.3 Å². The minimum atomic E-state index is 0.314. The molecule has 1 saturated heterocycles. The zero-order valence-electron chi connectivity index (χ0n) is 13.5. The predicted octanol–water partition coefficient (Wildman–Crippen LogP) is 1.80. The normalized spacial score (nSPS) is 19.9. The second kappa shape index (κ2) is 8.68. The molecule has 5 nitrogen and oxygen atoms in total. The Labute approximate surface area is 132 Å². The third kappa shape index (κ3) is 4.92. The highest BCUT2D eigenvalue weighted by Gasteiger charge is 2.18. The van der Waals surface area contributed by atoms with E-state index in [0.717, 1.165) is 57.6 Å². The van der Waals surface area contributed by atoms with Crippen LogP contribution >= 0.6 is 11.3 Å². The van der Waals surface area contributed by atoms with E-state index in [2.05, 4.69) is 40.9 Å². The van der Waals surface area contributed by atoms with Crippen molar-refractivity contribution in [2.45, 2.75) is 33.4 Å². The topological polar surface area (TPSA) is 40.6 Å². The molecule has 0 aliphatic carbocycles. The molecule has 0 bridgehead atoms. The number of hydrogen-bond acceptors (Lipinski definition) is 6. The molecule has 1 aromatic heterocycles. The van der Waals surface area contributed by atoms with Crippen LogP contribution in [0.4, 0.5) is 5.13 Å². The van der Waals surface area contributed by atoms with E-state index >= 15 is 0 Å². The first kappa shape index (κ1) is 16.7. The number of aromatic nitrogens is 1. The fraction of sp³-hybridized carbons (Fsp3) is 0.800. The minimum absolute atomic E-state index is 0.314. The minimum Gasteiger partial charge on any atom is -0.374 e. The van der Waals surface area contributed by atoms with Crippen molar-refractivity contribution in [3.05, 3.63) is 11.1 Å². The van der Waals surface area contributed by atoms with Crippen LogP contribution in [0.3, 0.4) is 0 Å². The zero-order chi connectivity index (χ0) is 15.1. The van der Waals surface area contributed by atoms with Gasteiger partial charge in [-0.25, -0.2) is 4.98 Å². The van der Waals surface area contributed by atoms with Gasteiger partial charge in [0.1, 0.15) is 0 Å². The molecule has 21 heavy (non-hydrogen) atoms. The van der Waals surface area contributed by atoms with Crippen molar-refractivity contribution in [1.82, 2.24) is 15.2 Å². The van der Waals surface area contributed by atoms with Crippen LogP contribution in [0.15, 0.2) is 6.20 Å². The second-order valence-corrected chi connectivity index (χ2v) is 6.39. The van der Waals surface area contributed by atoms with Crippen LogP contribution in [0.5, 0.6) is 0 Å². The average molecular weight is 312 g/mol. The van der Waals surface area contributed by atoms with Crippen molar-refractivity contribution < 1.29 is 4.74 Å². The summed E-state index contributed by atoms with van der Waals surface area (Å²) >= 11 is 1.78. The molecule has 0 unspecified atom stereocenters. The molecular weight excluding hydrogens is 284 g/mol. The summed E-state index contributed by atoms with van der Waals surface area (Å²) in [6.45, 7) is 14.4. The molecule has 0 aromatic carbocycles. The number of ether oxygens (including phenoxy) is 1. The molecule has 120 valence electrons. The van der Waals surface area contributed by atoms with Crippen molar-refractivity contribution in [2.24, 2.45) is 0 Å². The number of nitrogens with one attached hydrogen (secondary N) is 1. The molecule has 1 N–H and O–H groups in total. The van der Waals surface area contributed by atoms with Crippen molar-refractivity contribution in [1.29, 1.82) is 0 Å². The summed E-state index contributed by atoms with van der Waals surface area (Å²) in [5, 5.41) is 4.63. The highest BCUT2D eigenvalue weighted by Crippen LogP contribution is 2.22. The standard InChI is InChI=1S/C15H28N4OS/c1-4-18-7-8-20-13(12-18)9-16-10-14-11-17-15(21-14)19(5-2)6-3/h11,13,16H,4-10,12H2,1-3H3/t13-/m0/s1. The maximum absolute atomic E-state index is 5.80. The lowest BCUT2D eigenvalue weighted by Crippen LogP contribution is -2.46. The van der Waals surface area contributed by atoms with Crippen LogP contribution in [0.1, 0.15) is 25.6 Å². The maximum atomic E-state index is 5.80. The van der Waals surface area contributed by atoms with Gasteiger partial charge in [-0.2, -0.15) is 0 Å². The molecule has 2 rings (SSSR count). The number of nitrogens with zero attached hydrogens (tertiary/aromatic N) is 3. The first-order chi connectivity index (χ1) is 10.3. The van der Waals surface area contributed by atoms with Crippen molar-refractivity contribution in [3.8, 4) is 0 Å². The largest absolute Gasteiger partial charge is 0.374 e. The van der Waals surface area contributed by atoms with Crippen molar-refractivity contribution in [3.63, 3.8) is 0 Å². The fourth-order valence-electron chi connectivity index (χ4n) is 2.57. The van der Waals surface area contributed by atoms with Crippen LogP contribution in [0.2, 0.25) is 0 Å². The van der Waals surface area contributed by atoms with Gasteiger partial charge in [0.25, 0.3) is 0 Å². The lowest BCUT2D eigenvalue weighted by molar-refractivity contribution is -0.0253. The van der Waals surface area contributed by atoms with Gasteiger partial charge in [-0.3, -0.25) is 4.90 Å². The molecule has 1 aliphatic heterocycles. The number of thiazole rings is 1. The molecule has 1 fully saturated rings. The van der Waals surface area contributed by atoms with Gasteiger partial charge in [-0.15, -0.1) is 11.3 Å². The van der Waals surface area contributed by atoms with E-state index < -0.39 is 0 Å². The van der Waals surface area contributed by atoms with Gasteiger partial charge < -0.3 is 15.0 Å². The van der Waals surface area contributed by atoms with Crippen LogP contribution in [-0.4, -0.2) is 61.9 Å². The Bertz CT molecular complexity index is 408. The van der Waals surface area contributed by atoms with Gasteiger partial charge >= 0.3 is 0 Å². The Balaban J connectivity index is 1.73. The lowest BCUT2D eigenvalue weighted by atomic mass is 10.2. The summed E-state index contributed by atoms with van der Waals surface area (Å²) < 4.78 is 5.80. The van der Waals surface area contributed by atoms with Gasteiger partial charge in [-0.1, -0.05) is 6.92 Å². The van der Waals surface area contributed by atoms with E-state index in [0.29, 0.717) is 6.10 Å². The molecular formula is C15H28N4OS. The Hall–Kier alpha value is -0.690. The van der Waals surface area contributed by atoms with E-state index in [1.165, 1.54) is 4.88 Å². The van der Waals surface area contributed by atoms with Crippen molar-refractivity contribution >= 4 is 16.5 Å². The van der Waals surface area contributed by atoms with Crippen LogP contribution < -0.4 is 10.2 Å². The highest BCUT2D eigenvalue weighted by atomic mass is 32.1. The molecule has 1 atom stereocenters. The Morgan fingerprint density at radius 1 is 1.43 bits per heavy atom. The SMILES string of the molecule is CCN1CCO[C@@H](CNCc2cnc(N(CC)CC)s2)C1. The number of morpholine rings is 1. The summed E-state index contributed by atoms with van der Waals surface area (Å²) in [5.74, 6) is 0. The summed E-state index contributed by atoms with van der Waals surface area (Å²) in [6, 6.07) is 0.